The molecular weight excluding hydrogens is 509 g/mol. The third-order valence-electron chi connectivity index (χ3n) is 5.99. The van der Waals surface area contributed by atoms with Crippen LogP contribution < -0.4 is 14.8 Å². The lowest BCUT2D eigenvalue weighted by atomic mass is 10.1. The Balaban J connectivity index is 1.56. The molecule has 1 aliphatic rings. The first-order valence-electron chi connectivity index (χ1n) is 11.3. The Labute approximate surface area is 213 Å². The summed E-state index contributed by atoms with van der Waals surface area (Å²) in [5, 5.41) is 3.07. The zero-order valence-electron chi connectivity index (χ0n) is 20.1. The summed E-state index contributed by atoms with van der Waals surface area (Å²) in [4.78, 5) is 1.98. The second kappa shape index (κ2) is 9.99. The van der Waals surface area contributed by atoms with Crippen molar-refractivity contribution in [1.82, 2.24) is 5.32 Å². The van der Waals surface area contributed by atoms with E-state index in [1.54, 1.807) is 30.8 Å². The number of aryl methyl sites for hydroxylation is 2. The van der Waals surface area contributed by atoms with E-state index in [0.717, 1.165) is 39.1 Å². The lowest BCUT2D eigenvalue weighted by molar-refractivity contribution is -0.139. The molecule has 1 atom stereocenters. The number of halogens is 3. The topological polar surface area (TPSA) is 67.4 Å². The number of ether oxygens (including phenoxy) is 1. The van der Waals surface area contributed by atoms with Crippen LogP contribution in [0, 0.1) is 13.8 Å². The molecule has 3 aromatic carbocycles. The van der Waals surface area contributed by atoms with Gasteiger partial charge in [0.25, 0.3) is 10.0 Å². The van der Waals surface area contributed by atoms with Crippen LogP contribution in [-0.4, -0.2) is 27.1 Å². The van der Waals surface area contributed by atoms with Gasteiger partial charge in [-0.2, -0.15) is 13.2 Å². The maximum atomic E-state index is 13.6. The average Bonchev–Trinajstić information content (AvgIpc) is 3.21. The molecule has 0 aliphatic carbocycles. The summed E-state index contributed by atoms with van der Waals surface area (Å²) >= 11 is 1.54. The maximum absolute atomic E-state index is 13.6. The minimum absolute atomic E-state index is 0.00248. The van der Waals surface area contributed by atoms with Gasteiger partial charge in [0.1, 0.15) is 11.4 Å². The van der Waals surface area contributed by atoms with E-state index in [0.29, 0.717) is 19.5 Å². The number of hydrogen-bond donors (Lipinski definition) is 2. The van der Waals surface area contributed by atoms with Crippen LogP contribution in [-0.2, 0) is 16.2 Å². The number of anilines is 1. The molecule has 5 nitrogen and oxygen atoms in total. The molecule has 0 radical (unpaired) electrons. The number of benzene rings is 3. The molecule has 1 aliphatic heterocycles. The molecule has 0 spiro atoms. The van der Waals surface area contributed by atoms with E-state index in [9.17, 15) is 21.6 Å². The minimum Gasteiger partial charge on any atom is -0.485 e. The molecule has 4 rings (SSSR count). The summed E-state index contributed by atoms with van der Waals surface area (Å²) in [6.45, 7) is 6.78. The first-order chi connectivity index (χ1) is 16.9. The lowest BCUT2D eigenvalue weighted by Gasteiger charge is -2.27. The predicted octanol–water partition coefficient (Wildman–Crippen LogP) is 6.41. The van der Waals surface area contributed by atoms with E-state index in [1.807, 2.05) is 32.0 Å². The van der Waals surface area contributed by atoms with Gasteiger partial charge < -0.3 is 10.1 Å². The van der Waals surface area contributed by atoms with Crippen molar-refractivity contribution in [2.24, 2.45) is 0 Å². The largest absolute Gasteiger partial charge is 0.485 e. The van der Waals surface area contributed by atoms with Gasteiger partial charge in [0.2, 0.25) is 0 Å². The maximum Gasteiger partial charge on any atom is 0.419 e. The van der Waals surface area contributed by atoms with Crippen molar-refractivity contribution < 1.29 is 26.3 Å². The van der Waals surface area contributed by atoms with Crippen molar-refractivity contribution in [3.63, 3.8) is 0 Å². The number of hydrogen-bond acceptors (Lipinski definition) is 5. The number of rotatable bonds is 7. The fourth-order valence-electron chi connectivity index (χ4n) is 4.03. The standard InChI is InChI=1S/C26H27F3N2O3S2/c1-17-5-4-6-18(2)24(17)35-20-8-10-21(11-9-20)36(32,33)31-19-7-12-22(26(27,28)29)23(15-19)34-25(3)13-14-30-16-25/h4-12,15,30-31H,13-14,16H2,1-3H3/t25-/m1/s1. The molecule has 10 heteroatoms. The third kappa shape index (κ3) is 5.99. The van der Waals surface area contributed by atoms with Crippen LogP contribution in [0.15, 0.2) is 75.4 Å². The van der Waals surface area contributed by atoms with Gasteiger partial charge in [0, 0.05) is 28.8 Å². The van der Waals surface area contributed by atoms with E-state index in [2.05, 4.69) is 10.0 Å². The molecule has 0 amide bonds. The van der Waals surface area contributed by atoms with E-state index in [-0.39, 0.29) is 10.6 Å². The molecule has 0 aromatic heterocycles. The molecule has 0 bridgehead atoms. The average molecular weight is 537 g/mol. The van der Waals surface area contributed by atoms with Crippen LogP contribution in [0.4, 0.5) is 18.9 Å². The van der Waals surface area contributed by atoms with Gasteiger partial charge in [-0.1, -0.05) is 30.0 Å². The molecule has 1 heterocycles. The van der Waals surface area contributed by atoms with Crippen LogP contribution >= 0.6 is 11.8 Å². The molecule has 0 saturated carbocycles. The van der Waals surface area contributed by atoms with E-state index >= 15 is 0 Å². The molecule has 0 unspecified atom stereocenters. The summed E-state index contributed by atoms with van der Waals surface area (Å²) in [5.74, 6) is -0.408. The highest BCUT2D eigenvalue weighted by molar-refractivity contribution is 7.99. The summed E-state index contributed by atoms with van der Waals surface area (Å²) in [6, 6.07) is 15.4. The third-order valence-corrected chi connectivity index (χ3v) is 8.74. The number of sulfonamides is 1. The Hall–Kier alpha value is -2.69. The van der Waals surface area contributed by atoms with Gasteiger partial charge in [0.15, 0.2) is 0 Å². The summed E-state index contributed by atoms with van der Waals surface area (Å²) in [6.07, 6.45) is -4.11. The second-order valence-corrected chi connectivity index (χ2v) is 11.9. The predicted molar refractivity (Wildman–Crippen MR) is 135 cm³/mol. The van der Waals surface area contributed by atoms with Gasteiger partial charge in [-0.3, -0.25) is 4.72 Å². The number of alkyl halides is 3. The van der Waals surface area contributed by atoms with Crippen LogP contribution in [0.1, 0.15) is 30.0 Å². The Bertz CT molecular complexity index is 1330. The van der Waals surface area contributed by atoms with Crippen molar-refractivity contribution in [3.05, 3.63) is 77.4 Å². The van der Waals surface area contributed by atoms with Crippen molar-refractivity contribution in [1.29, 1.82) is 0 Å². The van der Waals surface area contributed by atoms with Crippen LogP contribution in [0.5, 0.6) is 5.75 Å². The molecule has 1 fully saturated rings. The SMILES string of the molecule is Cc1cccc(C)c1Sc1ccc(S(=O)(=O)Nc2ccc(C(F)(F)F)c(O[C@]3(C)CCNC3)c2)cc1. The Morgan fingerprint density at radius 3 is 2.28 bits per heavy atom. The van der Waals surface area contributed by atoms with E-state index in [4.69, 9.17) is 4.74 Å². The zero-order valence-corrected chi connectivity index (χ0v) is 21.7. The fourth-order valence-corrected chi connectivity index (χ4v) is 6.05. The molecule has 1 saturated heterocycles. The van der Waals surface area contributed by atoms with E-state index < -0.39 is 33.1 Å². The van der Waals surface area contributed by atoms with Crippen molar-refractivity contribution >= 4 is 27.5 Å². The first kappa shape index (κ1) is 26.4. The minimum atomic E-state index is -4.64. The van der Waals surface area contributed by atoms with Crippen LogP contribution in [0.3, 0.4) is 0 Å². The fraction of sp³-hybridized carbons (Fsp3) is 0.308. The van der Waals surface area contributed by atoms with Crippen LogP contribution in [0.2, 0.25) is 0 Å². The molecule has 36 heavy (non-hydrogen) atoms. The van der Waals surface area contributed by atoms with Gasteiger partial charge in [-0.15, -0.1) is 0 Å². The van der Waals surface area contributed by atoms with Crippen molar-refractivity contribution in [2.45, 2.75) is 53.7 Å². The summed E-state index contributed by atoms with van der Waals surface area (Å²) in [5.41, 5.74) is 0.468. The molecular formula is C26H27F3N2O3S2. The van der Waals surface area contributed by atoms with Crippen molar-refractivity contribution in [3.8, 4) is 5.75 Å². The Kier molecular flexibility index (Phi) is 7.32. The van der Waals surface area contributed by atoms with Crippen molar-refractivity contribution in [2.75, 3.05) is 17.8 Å². The van der Waals surface area contributed by atoms with Gasteiger partial charge in [-0.25, -0.2) is 8.42 Å². The number of nitrogens with one attached hydrogen (secondary N) is 2. The molecule has 3 aromatic rings. The van der Waals surface area contributed by atoms with Gasteiger partial charge in [-0.05, 0) is 74.8 Å². The molecule has 2 N–H and O–H groups in total. The Morgan fingerprint density at radius 2 is 1.69 bits per heavy atom. The second-order valence-electron chi connectivity index (χ2n) is 9.09. The monoisotopic (exact) mass is 536 g/mol. The highest BCUT2D eigenvalue weighted by Crippen LogP contribution is 2.40. The highest BCUT2D eigenvalue weighted by Gasteiger charge is 2.38. The highest BCUT2D eigenvalue weighted by atomic mass is 32.2. The van der Waals surface area contributed by atoms with Gasteiger partial charge >= 0.3 is 6.18 Å². The zero-order chi connectivity index (χ0) is 26.1. The lowest BCUT2D eigenvalue weighted by Crippen LogP contribution is -2.35. The van der Waals surface area contributed by atoms with Gasteiger partial charge in [0.05, 0.1) is 16.1 Å². The Morgan fingerprint density at radius 1 is 1.03 bits per heavy atom. The summed E-state index contributed by atoms with van der Waals surface area (Å²) in [7, 11) is -4.04. The smallest absolute Gasteiger partial charge is 0.419 e. The first-order valence-corrected chi connectivity index (χ1v) is 13.6. The normalized spacial score (nSPS) is 18.3. The molecule has 192 valence electrons. The quantitative estimate of drug-likeness (QED) is 0.366. The summed E-state index contributed by atoms with van der Waals surface area (Å²) < 4.78 is 74.9. The van der Waals surface area contributed by atoms with Crippen LogP contribution in [0.25, 0.3) is 0 Å². The van der Waals surface area contributed by atoms with E-state index in [1.165, 1.54) is 12.1 Å².